The van der Waals surface area contributed by atoms with Gasteiger partial charge in [0, 0.05) is 23.3 Å². The highest BCUT2D eigenvalue weighted by molar-refractivity contribution is 7.90. The summed E-state index contributed by atoms with van der Waals surface area (Å²) in [4.78, 5) is 26.4. The van der Waals surface area contributed by atoms with E-state index < -0.39 is 27.5 Å². The van der Waals surface area contributed by atoms with Gasteiger partial charge in [0.25, 0.3) is 15.7 Å². The van der Waals surface area contributed by atoms with Gasteiger partial charge >= 0.3 is 5.97 Å². The minimum atomic E-state index is -3.69. The van der Waals surface area contributed by atoms with Gasteiger partial charge in [-0.05, 0) is 18.2 Å². The van der Waals surface area contributed by atoms with Crippen molar-refractivity contribution in [3.05, 3.63) is 63.7 Å². The highest BCUT2D eigenvalue weighted by atomic mass is 32.2. The number of hydrogen-bond donors (Lipinski definition) is 1. The lowest BCUT2D eigenvalue weighted by molar-refractivity contribution is -0.385. The van der Waals surface area contributed by atoms with Crippen LogP contribution in [0, 0.1) is 10.1 Å². The molecular weight excluding hydrogens is 390 g/mol. The molecule has 1 N–H and O–H groups in total. The second kappa shape index (κ2) is 7.64. The smallest absolute Gasteiger partial charge is 0.328 e. The average Bonchev–Trinajstić information content (AvgIpc) is 2.95. The second-order valence-corrected chi connectivity index (χ2v) is 7.33. The van der Waals surface area contributed by atoms with E-state index in [1.165, 1.54) is 31.4 Å². The Labute approximate surface area is 160 Å². The molecule has 0 amide bonds. The van der Waals surface area contributed by atoms with Crippen molar-refractivity contribution in [3.8, 4) is 5.75 Å². The Kier molecular flexibility index (Phi) is 5.27. The minimum Gasteiger partial charge on any atom is -0.496 e. The number of carbonyl (C=O) groups is 1. The van der Waals surface area contributed by atoms with Gasteiger partial charge in [-0.25, -0.2) is 8.42 Å². The number of benzene rings is 2. The lowest BCUT2D eigenvalue weighted by Crippen LogP contribution is -2.23. The quantitative estimate of drug-likeness (QED) is 0.435. The van der Waals surface area contributed by atoms with Crippen molar-refractivity contribution in [2.24, 2.45) is 4.99 Å². The summed E-state index contributed by atoms with van der Waals surface area (Å²) in [6.45, 7) is -0.680. The Hall–Kier alpha value is -3.47. The van der Waals surface area contributed by atoms with E-state index in [9.17, 15) is 23.3 Å². The fourth-order valence-corrected chi connectivity index (χ4v) is 3.84. The number of hydrogen-bond acceptors (Lipinski definition) is 8. The molecule has 0 radical (unpaired) electrons. The fraction of sp³-hybridized carbons (Fsp3) is 0.176. The number of nitro benzene ring substituents is 1. The summed E-state index contributed by atoms with van der Waals surface area (Å²) in [5.41, 5.74) is 0.532. The average molecular weight is 405 g/mol. The van der Waals surface area contributed by atoms with Crippen LogP contribution in [0.2, 0.25) is 0 Å². The van der Waals surface area contributed by atoms with Gasteiger partial charge in [0.1, 0.15) is 24.7 Å². The first-order valence-electron chi connectivity index (χ1n) is 7.95. The number of carbonyl (C=O) groups excluding carboxylic acids is 1. The van der Waals surface area contributed by atoms with Crippen LogP contribution in [0.5, 0.6) is 5.75 Å². The highest BCUT2D eigenvalue weighted by Gasteiger charge is 2.30. The highest BCUT2D eigenvalue weighted by Crippen LogP contribution is 2.25. The summed E-state index contributed by atoms with van der Waals surface area (Å²) in [7, 11) is -2.30. The maximum Gasteiger partial charge on any atom is 0.328 e. The van der Waals surface area contributed by atoms with Gasteiger partial charge in [-0.2, -0.15) is 0 Å². The number of ether oxygens (including phenoxy) is 2. The summed E-state index contributed by atoms with van der Waals surface area (Å²) in [5.74, 6) is -0.340. The number of esters is 1. The van der Waals surface area contributed by atoms with Crippen molar-refractivity contribution in [3.63, 3.8) is 0 Å². The summed E-state index contributed by atoms with van der Waals surface area (Å²) in [6.07, 6.45) is 0. The molecule has 11 heteroatoms. The zero-order chi connectivity index (χ0) is 20.3. The Morgan fingerprint density at radius 1 is 1.25 bits per heavy atom. The van der Waals surface area contributed by atoms with E-state index in [0.29, 0.717) is 16.9 Å². The minimum absolute atomic E-state index is 0.0560. The van der Waals surface area contributed by atoms with Gasteiger partial charge in [0.2, 0.25) is 0 Å². The van der Waals surface area contributed by atoms with E-state index in [2.05, 4.69) is 9.71 Å². The maximum atomic E-state index is 12.0. The van der Waals surface area contributed by atoms with E-state index in [1.54, 1.807) is 18.2 Å². The van der Waals surface area contributed by atoms with Crippen LogP contribution >= 0.6 is 0 Å². The third-order valence-electron chi connectivity index (χ3n) is 3.89. The molecule has 1 aliphatic rings. The zero-order valence-electron chi connectivity index (χ0n) is 14.6. The van der Waals surface area contributed by atoms with Crippen LogP contribution in [-0.4, -0.2) is 38.8 Å². The molecule has 0 saturated heterocycles. The molecule has 146 valence electrons. The second-order valence-electron chi connectivity index (χ2n) is 5.68. The maximum absolute atomic E-state index is 12.0. The van der Waals surface area contributed by atoms with Crippen molar-refractivity contribution in [2.75, 3.05) is 13.7 Å². The Bertz CT molecular complexity index is 1080. The largest absolute Gasteiger partial charge is 0.496 e. The van der Waals surface area contributed by atoms with Crippen LogP contribution < -0.4 is 9.46 Å². The molecule has 0 saturated carbocycles. The third kappa shape index (κ3) is 3.93. The standard InChI is InChI=1S/C17H15N3O7S/c1-26-14-7-6-12(20(22)23)8-11(14)10-27-16(21)9-18-17-13-4-2-3-5-15(13)28(24,25)19-17/h2-8H,9-10H2,1H3,(H,18,19). The molecule has 1 heterocycles. The van der Waals surface area contributed by atoms with E-state index in [-0.39, 0.29) is 23.0 Å². The van der Waals surface area contributed by atoms with Crippen LogP contribution in [0.4, 0.5) is 5.69 Å². The number of rotatable bonds is 6. The monoisotopic (exact) mass is 405 g/mol. The first kappa shape index (κ1) is 19.3. The molecule has 1 aliphatic heterocycles. The lowest BCUT2D eigenvalue weighted by atomic mass is 10.2. The number of nitro groups is 1. The first-order chi connectivity index (χ1) is 13.3. The molecule has 0 aliphatic carbocycles. The normalized spacial score (nSPS) is 15.5. The molecule has 0 fully saturated rings. The van der Waals surface area contributed by atoms with Crippen molar-refractivity contribution in [1.29, 1.82) is 0 Å². The number of nitrogens with one attached hydrogen (secondary N) is 1. The predicted molar refractivity (Wildman–Crippen MR) is 97.6 cm³/mol. The zero-order valence-corrected chi connectivity index (χ0v) is 15.4. The molecule has 3 rings (SSSR count). The molecule has 10 nitrogen and oxygen atoms in total. The molecule has 0 unspecified atom stereocenters. The number of methoxy groups -OCH3 is 1. The number of amidine groups is 1. The Morgan fingerprint density at radius 2 is 2.00 bits per heavy atom. The summed E-state index contributed by atoms with van der Waals surface area (Å²) < 4.78 is 36.5. The molecule has 0 spiro atoms. The molecule has 28 heavy (non-hydrogen) atoms. The van der Waals surface area contributed by atoms with E-state index >= 15 is 0 Å². The van der Waals surface area contributed by atoms with Crippen LogP contribution in [-0.2, 0) is 26.2 Å². The number of fused-ring (bicyclic) bond motifs is 1. The van der Waals surface area contributed by atoms with Crippen LogP contribution in [0.1, 0.15) is 11.1 Å². The van der Waals surface area contributed by atoms with Gasteiger partial charge < -0.3 is 9.47 Å². The van der Waals surface area contributed by atoms with Crippen molar-refractivity contribution >= 4 is 27.5 Å². The van der Waals surface area contributed by atoms with Crippen molar-refractivity contribution in [2.45, 2.75) is 11.5 Å². The van der Waals surface area contributed by atoms with Crippen LogP contribution in [0.25, 0.3) is 0 Å². The summed E-state index contributed by atoms with van der Waals surface area (Å²) in [5, 5.41) is 10.9. The molecule has 0 aromatic heterocycles. The lowest BCUT2D eigenvalue weighted by Gasteiger charge is -2.08. The molecule has 2 aromatic rings. The molecular formula is C17H15N3O7S. The summed E-state index contributed by atoms with van der Waals surface area (Å²) >= 11 is 0. The van der Waals surface area contributed by atoms with Crippen molar-refractivity contribution in [1.82, 2.24) is 4.72 Å². The van der Waals surface area contributed by atoms with Gasteiger partial charge in [0.15, 0.2) is 0 Å². The van der Waals surface area contributed by atoms with Crippen LogP contribution in [0.3, 0.4) is 0 Å². The SMILES string of the molecule is COc1ccc([N+](=O)[O-])cc1COC(=O)CN=C1NS(=O)(=O)c2ccccc21. The third-order valence-corrected chi connectivity index (χ3v) is 5.29. The topological polar surface area (TPSA) is 137 Å². The van der Waals surface area contributed by atoms with E-state index in [0.717, 1.165) is 0 Å². The van der Waals surface area contributed by atoms with Gasteiger partial charge in [-0.3, -0.25) is 24.6 Å². The Balaban J connectivity index is 1.69. The molecule has 0 bridgehead atoms. The predicted octanol–water partition coefficient (Wildman–Crippen LogP) is 1.39. The first-order valence-corrected chi connectivity index (χ1v) is 9.44. The fourth-order valence-electron chi connectivity index (χ4n) is 2.59. The van der Waals surface area contributed by atoms with Gasteiger partial charge in [-0.1, -0.05) is 12.1 Å². The number of sulfonamides is 1. The molecule has 0 atom stereocenters. The summed E-state index contributed by atoms with van der Waals surface area (Å²) in [6, 6.07) is 10.2. The van der Waals surface area contributed by atoms with Gasteiger partial charge in [-0.15, -0.1) is 0 Å². The number of non-ortho nitro benzene ring substituents is 1. The van der Waals surface area contributed by atoms with Crippen LogP contribution in [0.15, 0.2) is 52.4 Å². The van der Waals surface area contributed by atoms with E-state index in [4.69, 9.17) is 9.47 Å². The number of aliphatic imine (C=N–C) groups is 1. The van der Waals surface area contributed by atoms with E-state index in [1.807, 2.05) is 0 Å². The molecule has 2 aromatic carbocycles. The number of nitrogens with zero attached hydrogens (tertiary/aromatic N) is 2. The Morgan fingerprint density at radius 3 is 2.71 bits per heavy atom. The van der Waals surface area contributed by atoms with Crippen molar-refractivity contribution < 1.29 is 27.6 Å². The van der Waals surface area contributed by atoms with Gasteiger partial charge in [0.05, 0.1) is 16.9 Å².